The second-order valence-corrected chi connectivity index (χ2v) is 12.7. The molecule has 0 bridgehead atoms. The quantitative estimate of drug-likeness (QED) is 0.218. The van der Waals surface area contributed by atoms with Gasteiger partial charge in [0.05, 0.1) is 17.3 Å². The van der Waals surface area contributed by atoms with Gasteiger partial charge in [-0.15, -0.1) is 0 Å². The van der Waals surface area contributed by atoms with Crippen molar-refractivity contribution in [3.05, 3.63) is 76.5 Å². The molecule has 3 aromatic rings. The van der Waals surface area contributed by atoms with Crippen LogP contribution in [-0.4, -0.2) is 96.9 Å². The Morgan fingerprint density at radius 2 is 2.07 bits per heavy atom. The number of benzene rings is 2. The Balaban J connectivity index is 1.31. The molecule has 1 saturated carbocycles. The first kappa shape index (κ1) is 32.0. The minimum absolute atomic E-state index is 0.0886. The summed E-state index contributed by atoms with van der Waals surface area (Å²) < 4.78 is 34.6. The van der Waals surface area contributed by atoms with Crippen molar-refractivity contribution >= 4 is 39.8 Å². The molecule has 0 unspecified atom stereocenters. The maximum atomic E-state index is 14.6. The molecule has 3 aliphatic rings. The van der Waals surface area contributed by atoms with Crippen molar-refractivity contribution in [1.82, 2.24) is 19.8 Å². The lowest BCUT2D eigenvalue weighted by Gasteiger charge is -2.46. The first-order chi connectivity index (χ1) is 22.3. The van der Waals surface area contributed by atoms with Crippen LogP contribution in [0.15, 0.2) is 43.0 Å². The van der Waals surface area contributed by atoms with Crippen LogP contribution >= 0.6 is 11.6 Å². The molecule has 46 heavy (non-hydrogen) atoms. The lowest BCUT2D eigenvalue weighted by atomic mass is 9.76. The Bertz CT molecular complexity index is 1670. The number of rotatable bonds is 10. The van der Waals surface area contributed by atoms with Gasteiger partial charge in [-0.25, -0.2) is 15.4 Å². The molecule has 2 aliphatic heterocycles. The van der Waals surface area contributed by atoms with E-state index in [0.717, 1.165) is 47.4 Å². The van der Waals surface area contributed by atoms with Gasteiger partial charge < -0.3 is 24.3 Å². The van der Waals surface area contributed by atoms with Crippen molar-refractivity contribution in [3.63, 3.8) is 0 Å². The Labute approximate surface area is 273 Å². The van der Waals surface area contributed by atoms with Gasteiger partial charge >= 0.3 is 6.01 Å². The summed E-state index contributed by atoms with van der Waals surface area (Å²) in [6.45, 7) is 14.2. The number of carbonyl (C=O) groups excluding carboxylic acids is 1. The van der Waals surface area contributed by atoms with Gasteiger partial charge in [-0.1, -0.05) is 36.4 Å². The minimum atomic E-state index is -0.469. The molecule has 1 aliphatic carbocycles. The lowest BCUT2D eigenvalue weighted by molar-refractivity contribution is -0.128. The highest BCUT2D eigenvalue weighted by atomic mass is 35.5. The number of nitrogens with zero attached hydrogens (tertiary/aromatic N) is 7. The third-order valence-corrected chi connectivity index (χ3v) is 10.2. The van der Waals surface area contributed by atoms with Crippen LogP contribution in [0.2, 0.25) is 5.02 Å². The summed E-state index contributed by atoms with van der Waals surface area (Å²) in [5.74, 6) is 0.0724. The van der Waals surface area contributed by atoms with Crippen LogP contribution in [-0.2, 0) is 17.8 Å². The minimum Gasteiger partial charge on any atom is -0.462 e. The summed E-state index contributed by atoms with van der Waals surface area (Å²) in [5, 5.41) is 1.59. The van der Waals surface area contributed by atoms with Crippen LogP contribution in [0, 0.1) is 12.4 Å². The number of alkyl halides is 1. The van der Waals surface area contributed by atoms with E-state index < -0.39 is 11.4 Å². The fraction of sp³-hybridized carbons (Fsp3) is 0.471. The second kappa shape index (κ2) is 13.4. The molecule has 0 spiro atoms. The third kappa shape index (κ3) is 5.96. The van der Waals surface area contributed by atoms with Crippen molar-refractivity contribution in [3.8, 4) is 6.01 Å². The van der Waals surface area contributed by atoms with Crippen LogP contribution in [0.25, 0.3) is 15.6 Å². The summed E-state index contributed by atoms with van der Waals surface area (Å²) in [6.07, 6.45) is 4.61. The average molecular weight is 650 g/mol. The molecule has 1 saturated heterocycles. The maximum Gasteiger partial charge on any atom is 0.318 e. The molecule has 12 heteroatoms. The zero-order chi connectivity index (χ0) is 32.4. The monoisotopic (exact) mass is 649 g/mol. The number of halogens is 3. The van der Waals surface area contributed by atoms with Crippen LogP contribution < -0.4 is 14.5 Å². The molecule has 2 aromatic carbocycles. The molecule has 2 fully saturated rings. The molecule has 3 heterocycles. The molecular weight excluding hydrogens is 612 g/mol. The van der Waals surface area contributed by atoms with Crippen molar-refractivity contribution in [1.29, 1.82) is 0 Å². The van der Waals surface area contributed by atoms with E-state index in [1.54, 1.807) is 11.0 Å². The zero-order valence-electron chi connectivity index (χ0n) is 26.0. The molecule has 9 nitrogen and oxygen atoms in total. The summed E-state index contributed by atoms with van der Waals surface area (Å²) in [7, 11) is 1.93. The van der Waals surface area contributed by atoms with E-state index in [2.05, 4.69) is 21.2 Å². The van der Waals surface area contributed by atoms with E-state index in [-0.39, 0.29) is 36.2 Å². The molecule has 0 N–H and O–H groups in total. The topological polar surface area (TPSA) is 69.4 Å². The molecule has 0 radical (unpaired) electrons. The highest BCUT2D eigenvalue weighted by Gasteiger charge is 2.41. The molecule has 1 atom stereocenters. The summed E-state index contributed by atoms with van der Waals surface area (Å²) in [4.78, 5) is 33.9. The number of hydrogen-bond donors (Lipinski definition) is 0. The van der Waals surface area contributed by atoms with Gasteiger partial charge in [-0.3, -0.25) is 9.69 Å². The summed E-state index contributed by atoms with van der Waals surface area (Å²) in [5.41, 5.74) is 2.18. The van der Waals surface area contributed by atoms with Crippen LogP contribution in [0.5, 0.6) is 6.01 Å². The van der Waals surface area contributed by atoms with Gasteiger partial charge in [0.15, 0.2) is 0 Å². The van der Waals surface area contributed by atoms with E-state index in [4.69, 9.17) is 32.9 Å². The third-order valence-electron chi connectivity index (χ3n) is 9.82. The van der Waals surface area contributed by atoms with Gasteiger partial charge in [-0.2, -0.15) is 9.97 Å². The highest BCUT2D eigenvalue weighted by Crippen LogP contribution is 2.39. The smallest absolute Gasteiger partial charge is 0.318 e. The van der Waals surface area contributed by atoms with E-state index in [1.165, 1.54) is 12.1 Å². The summed E-state index contributed by atoms with van der Waals surface area (Å²) >= 11 is 6.49. The standard InChI is InChI=1S/C34H38ClF2N7O2/c1-4-29(45)44-16-15-43(20-24(44)19-38-2)32-25-11-14-42(28-8-5-7-23-9-10-26(37)31(35)30(23)28)21-27(25)39-33(40-32)46-18-17-41(3)34(22-36)12-6-13-34/h4-5,7-10,24H,1,6,11-22H2,3H3/t24-/m0/s1. The van der Waals surface area contributed by atoms with Crippen LogP contribution in [0.3, 0.4) is 0 Å². The van der Waals surface area contributed by atoms with E-state index in [0.29, 0.717) is 57.7 Å². The predicted octanol–water partition coefficient (Wildman–Crippen LogP) is 5.31. The van der Waals surface area contributed by atoms with Crippen LogP contribution in [0.1, 0.15) is 30.5 Å². The molecule has 1 aromatic heterocycles. The van der Waals surface area contributed by atoms with E-state index >= 15 is 0 Å². The Kier molecular flexibility index (Phi) is 9.29. The first-order valence-corrected chi connectivity index (χ1v) is 16.1. The Morgan fingerprint density at radius 1 is 1.24 bits per heavy atom. The van der Waals surface area contributed by atoms with Crippen molar-refractivity contribution < 1.29 is 18.3 Å². The number of carbonyl (C=O) groups is 1. The fourth-order valence-corrected chi connectivity index (χ4v) is 7.17. The first-order valence-electron chi connectivity index (χ1n) is 15.7. The fourth-order valence-electron chi connectivity index (χ4n) is 6.90. The Hall–Kier alpha value is -4.01. The van der Waals surface area contributed by atoms with Gasteiger partial charge in [0.25, 0.3) is 0 Å². The number of likely N-dealkylation sites (N-methyl/N-ethyl adjacent to an activating group) is 1. The van der Waals surface area contributed by atoms with Gasteiger partial charge in [0.1, 0.15) is 31.0 Å². The molecular formula is C34H38ClF2N7O2. The number of ether oxygens (including phenoxy) is 1. The maximum absolute atomic E-state index is 14.6. The van der Waals surface area contributed by atoms with Crippen molar-refractivity contribution in [2.45, 2.75) is 43.8 Å². The molecule has 1 amide bonds. The number of piperazine rings is 1. The number of anilines is 2. The van der Waals surface area contributed by atoms with Gasteiger partial charge in [0, 0.05) is 54.9 Å². The zero-order valence-corrected chi connectivity index (χ0v) is 26.8. The lowest BCUT2D eigenvalue weighted by Crippen LogP contribution is -2.56. The van der Waals surface area contributed by atoms with Crippen molar-refractivity contribution in [2.24, 2.45) is 0 Å². The van der Waals surface area contributed by atoms with Gasteiger partial charge in [0.2, 0.25) is 12.5 Å². The predicted molar refractivity (Wildman–Crippen MR) is 176 cm³/mol. The van der Waals surface area contributed by atoms with Crippen molar-refractivity contribution in [2.75, 3.05) is 69.4 Å². The SMILES string of the molecule is [C-]#[N+]C[C@H]1CN(c2nc(OCCN(C)C3(CF)CCC3)nc3c2CCN(c2cccc4ccc(F)c(Cl)c24)C3)CCN1C(=O)C=C. The normalized spacial score (nSPS) is 19.0. The number of hydrogen-bond acceptors (Lipinski definition) is 7. The Morgan fingerprint density at radius 3 is 2.78 bits per heavy atom. The highest BCUT2D eigenvalue weighted by molar-refractivity contribution is 6.36. The largest absolute Gasteiger partial charge is 0.462 e. The number of amides is 1. The molecule has 242 valence electrons. The van der Waals surface area contributed by atoms with Crippen LogP contribution in [0.4, 0.5) is 20.3 Å². The number of fused-ring (bicyclic) bond motifs is 2. The molecule has 6 rings (SSSR count). The average Bonchev–Trinajstić information content (AvgIpc) is 3.05. The van der Waals surface area contributed by atoms with Gasteiger partial charge in [-0.05, 0) is 56.3 Å². The number of aromatic nitrogens is 2. The second-order valence-electron chi connectivity index (χ2n) is 12.3. The summed E-state index contributed by atoms with van der Waals surface area (Å²) in [6, 6.07) is 8.82. The van der Waals surface area contributed by atoms with E-state index in [1.807, 2.05) is 30.1 Å². The van der Waals surface area contributed by atoms with E-state index in [9.17, 15) is 13.6 Å².